The zero-order valence-corrected chi connectivity index (χ0v) is 18.4. The molecule has 11 heteroatoms. The molecule has 0 aliphatic carbocycles. The highest BCUT2D eigenvalue weighted by Gasteiger charge is 2.18. The summed E-state index contributed by atoms with van der Waals surface area (Å²) in [6.07, 6.45) is 1.44. The maximum absolute atomic E-state index is 13.8. The van der Waals surface area contributed by atoms with Gasteiger partial charge in [0.15, 0.2) is 17.5 Å². The van der Waals surface area contributed by atoms with Gasteiger partial charge >= 0.3 is 11.4 Å². The molecule has 0 aliphatic rings. The van der Waals surface area contributed by atoms with E-state index < -0.39 is 40.9 Å². The number of aromatic nitrogens is 4. The van der Waals surface area contributed by atoms with Crippen molar-refractivity contribution < 1.29 is 17.9 Å². The zero-order valence-electron chi connectivity index (χ0n) is 18.4. The third kappa shape index (κ3) is 5.08. The molecule has 0 aliphatic heterocycles. The van der Waals surface area contributed by atoms with Crippen molar-refractivity contribution in [3.63, 3.8) is 0 Å². The van der Waals surface area contributed by atoms with Crippen LogP contribution >= 0.6 is 0 Å². The normalized spacial score (nSPS) is 11.0. The monoisotopic (exact) mass is 484 g/mol. The van der Waals surface area contributed by atoms with E-state index in [-0.39, 0.29) is 29.9 Å². The summed E-state index contributed by atoms with van der Waals surface area (Å²) < 4.78 is 48.0. The smallest absolute Gasteiger partial charge is 0.353 e. The molecule has 2 aromatic heterocycles. The molecule has 0 atom stereocenters. The van der Waals surface area contributed by atoms with E-state index >= 15 is 0 Å². The van der Waals surface area contributed by atoms with Gasteiger partial charge in [0.1, 0.15) is 11.6 Å². The molecule has 0 saturated carbocycles. The molecule has 2 aromatic carbocycles. The summed E-state index contributed by atoms with van der Waals surface area (Å²) in [6.45, 7) is -0.757. The number of H-pyrrole nitrogens is 1. The molecule has 4 aromatic rings. The first kappa shape index (κ1) is 23.7. The number of hydrogen-bond donors (Lipinski definition) is 1. The first-order valence-corrected chi connectivity index (χ1v) is 10.4. The molecule has 180 valence electrons. The summed E-state index contributed by atoms with van der Waals surface area (Å²) in [4.78, 5) is 44.6. The summed E-state index contributed by atoms with van der Waals surface area (Å²) >= 11 is 0. The molecule has 1 N–H and O–H groups in total. The van der Waals surface area contributed by atoms with Crippen LogP contribution in [0.1, 0.15) is 22.5 Å². The third-order valence-corrected chi connectivity index (χ3v) is 5.36. The van der Waals surface area contributed by atoms with Crippen molar-refractivity contribution in [3.05, 3.63) is 126 Å². The minimum Gasteiger partial charge on any atom is -0.497 e. The van der Waals surface area contributed by atoms with Crippen molar-refractivity contribution in [1.29, 1.82) is 0 Å². The summed E-state index contributed by atoms with van der Waals surface area (Å²) in [5, 5.41) is 0. The predicted octanol–water partition coefficient (Wildman–Crippen LogP) is 2.21. The number of aromatic amines is 1. The van der Waals surface area contributed by atoms with E-state index in [9.17, 15) is 27.6 Å². The number of ether oxygens (including phenoxy) is 1. The topological polar surface area (TPSA) is 99.0 Å². The standard InChI is InChI=1S/C24H19F3N4O4/c1-35-17-6-4-14(5-7-17)11-20-29-23(33)31(13-16-3-2-8-28-22(16)32)24(34)30(20)12-15-9-18(25)21(27)19(26)10-15/h2-10H,11-13H2,1H3,(H,28,32). The molecule has 0 spiro atoms. The molecule has 0 saturated heterocycles. The van der Waals surface area contributed by atoms with Crippen LogP contribution in [0.15, 0.2) is 69.1 Å². The van der Waals surface area contributed by atoms with Gasteiger partial charge in [-0.3, -0.25) is 9.36 Å². The molecule has 0 unspecified atom stereocenters. The van der Waals surface area contributed by atoms with Crippen LogP contribution in [0.5, 0.6) is 5.75 Å². The Balaban J connectivity index is 1.83. The van der Waals surface area contributed by atoms with Crippen LogP contribution in [-0.2, 0) is 19.5 Å². The van der Waals surface area contributed by atoms with E-state index in [4.69, 9.17) is 4.74 Å². The number of methoxy groups -OCH3 is 1. The van der Waals surface area contributed by atoms with Crippen molar-refractivity contribution in [2.24, 2.45) is 0 Å². The lowest BCUT2D eigenvalue weighted by Crippen LogP contribution is -2.44. The highest BCUT2D eigenvalue weighted by atomic mass is 19.2. The molecule has 8 nitrogen and oxygen atoms in total. The first-order chi connectivity index (χ1) is 16.8. The van der Waals surface area contributed by atoms with Gasteiger partial charge in [-0.1, -0.05) is 18.2 Å². The van der Waals surface area contributed by atoms with Crippen LogP contribution in [0.4, 0.5) is 13.2 Å². The summed E-state index contributed by atoms with van der Waals surface area (Å²) in [6, 6.07) is 11.3. The molecule has 0 amide bonds. The van der Waals surface area contributed by atoms with Crippen LogP contribution in [-0.4, -0.2) is 26.2 Å². The second-order valence-electron chi connectivity index (χ2n) is 7.69. The number of benzene rings is 2. The fourth-order valence-electron chi connectivity index (χ4n) is 3.56. The lowest BCUT2D eigenvalue weighted by atomic mass is 10.1. The van der Waals surface area contributed by atoms with E-state index in [1.54, 1.807) is 24.3 Å². The van der Waals surface area contributed by atoms with Gasteiger partial charge in [0.25, 0.3) is 5.56 Å². The van der Waals surface area contributed by atoms with Gasteiger partial charge in [-0.05, 0) is 41.5 Å². The highest BCUT2D eigenvalue weighted by molar-refractivity contribution is 5.29. The molecule has 0 bridgehead atoms. The maximum Gasteiger partial charge on any atom is 0.353 e. The number of pyridine rings is 1. The van der Waals surface area contributed by atoms with Crippen molar-refractivity contribution >= 4 is 0 Å². The van der Waals surface area contributed by atoms with Crippen molar-refractivity contribution in [2.45, 2.75) is 19.5 Å². The average Bonchev–Trinajstić information content (AvgIpc) is 2.84. The maximum atomic E-state index is 13.8. The van der Waals surface area contributed by atoms with E-state index in [0.717, 1.165) is 21.3 Å². The number of halogens is 3. The second-order valence-corrected chi connectivity index (χ2v) is 7.69. The lowest BCUT2D eigenvalue weighted by Gasteiger charge is -2.15. The second kappa shape index (κ2) is 9.84. The molecule has 4 rings (SSSR count). The molecule has 35 heavy (non-hydrogen) atoms. The Morgan fingerprint density at radius 1 is 0.914 bits per heavy atom. The Hall–Kier alpha value is -4.41. The number of nitrogens with zero attached hydrogens (tertiary/aromatic N) is 3. The quantitative estimate of drug-likeness (QED) is 0.406. The lowest BCUT2D eigenvalue weighted by molar-refractivity contribution is 0.414. The molecule has 0 fully saturated rings. The summed E-state index contributed by atoms with van der Waals surface area (Å²) in [5.41, 5.74) is -1.46. The third-order valence-electron chi connectivity index (χ3n) is 5.36. The highest BCUT2D eigenvalue weighted by Crippen LogP contribution is 2.16. The number of hydrogen-bond acceptors (Lipinski definition) is 5. The van der Waals surface area contributed by atoms with E-state index in [1.807, 2.05) is 0 Å². The Labute approximate surface area is 195 Å². The summed E-state index contributed by atoms with van der Waals surface area (Å²) in [5.74, 6) is -3.84. The van der Waals surface area contributed by atoms with Gasteiger partial charge in [-0.2, -0.15) is 4.98 Å². The predicted molar refractivity (Wildman–Crippen MR) is 120 cm³/mol. The molecular weight excluding hydrogens is 465 g/mol. The fraction of sp³-hybridized carbons (Fsp3) is 0.167. The largest absolute Gasteiger partial charge is 0.497 e. The molecule has 0 radical (unpaired) electrons. The van der Waals surface area contributed by atoms with Gasteiger partial charge in [0, 0.05) is 18.2 Å². The van der Waals surface area contributed by atoms with E-state index in [1.165, 1.54) is 25.4 Å². The van der Waals surface area contributed by atoms with Gasteiger partial charge in [-0.25, -0.2) is 27.3 Å². The summed E-state index contributed by atoms with van der Waals surface area (Å²) in [7, 11) is 1.51. The van der Waals surface area contributed by atoms with Crippen LogP contribution in [0.3, 0.4) is 0 Å². The Bertz CT molecular complexity index is 1540. The van der Waals surface area contributed by atoms with Crippen LogP contribution in [0.25, 0.3) is 0 Å². The van der Waals surface area contributed by atoms with Gasteiger partial charge < -0.3 is 9.72 Å². The minimum atomic E-state index is -1.63. The van der Waals surface area contributed by atoms with Crippen molar-refractivity contribution in [2.75, 3.05) is 7.11 Å². The molecular formula is C24H19F3N4O4. The Morgan fingerprint density at radius 2 is 1.60 bits per heavy atom. The zero-order chi connectivity index (χ0) is 25.1. The number of rotatable bonds is 7. The van der Waals surface area contributed by atoms with E-state index in [0.29, 0.717) is 11.3 Å². The van der Waals surface area contributed by atoms with Gasteiger partial charge in [0.05, 0.1) is 20.2 Å². The minimum absolute atomic E-state index is 0.0218. The van der Waals surface area contributed by atoms with Crippen LogP contribution < -0.4 is 21.7 Å². The van der Waals surface area contributed by atoms with E-state index in [2.05, 4.69) is 9.97 Å². The Morgan fingerprint density at radius 3 is 2.23 bits per heavy atom. The fourth-order valence-corrected chi connectivity index (χ4v) is 3.56. The SMILES string of the molecule is COc1ccc(Cc2nc(=O)n(Cc3ccc[nH]c3=O)c(=O)n2Cc2cc(F)c(F)c(F)c2)cc1. The Kier molecular flexibility index (Phi) is 6.67. The van der Waals surface area contributed by atoms with Crippen LogP contribution in [0.2, 0.25) is 0 Å². The first-order valence-electron chi connectivity index (χ1n) is 10.4. The average molecular weight is 484 g/mol. The van der Waals surface area contributed by atoms with Gasteiger partial charge in [0.2, 0.25) is 0 Å². The van der Waals surface area contributed by atoms with Crippen molar-refractivity contribution in [3.8, 4) is 5.75 Å². The number of nitrogens with one attached hydrogen (secondary N) is 1. The van der Waals surface area contributed by atoms with Gasteiger partial charge in [-0.15, -0.1) is 0 Å². The molecule has 2 heterocycles. The van der Waals surface area contributed by atoms with Crippen molar-refractivity contribution in [1.82, 2.24) is 19.1 Å². The van der Waals surface area contributed by atoms with Crippen LogP contribution in [0, 0.1) is 17.5 Å².